The Morgan fingerprint density at radius 2 is 2.50 bits per heavy atom. The molecule has 5 nitrogen and oxygen atoms in total. The van der Waals surface area contributed by atoms with E-state index in [9.17, 15) is 0 Å². The van der Waals surface area contributed by atoms with Gasteiger partial charge in [-0.3, -0.25) is 0 Å². The maximum atomic E-state index is 8.03. The first-order valence-corrected chi connectivity index (χ1v) is 2.07. The van der Waals surface area contributed by atoms with Crippen LogP contribution in [0.5, 0.6) is 0 Å². The average Bonchev–Trinajstić information content (AvgIpc) is 2.14. The fraction of sp³-hybridized carbons (Fsp3) is 0.333. The highest BCUT2D eigenvalue weighted by molar-refractivity contribution is 5.20. The maximum absolute atomic E-state index is 8.03. The summed E-state index contributed by atoms with van der Waals surface area (Å²) in [6.07, 6.45) is 0. The smallest absolute Gasteiger partial charge is 0.182 e. The molecule has 0 aliphatic rings. The summed E-state index contributed by atoms with van der Waals surface area (Å²) >= 11 is 0. The van der Waals surface area contributed by atoms with Crippen molar-refractivity contribution < 1.29 is 0 Å². The molecule has 0 atom stereocenters. The predicted molar refractivity (Wildman–Crippen MR) is 25.9 cm³/mol. The Morgan fingerprint density at radius 3 is 2.75 bits per heavy atom. The molecule has 1 heterocycles. The van der Waals surface area contributed by atoms with Crippen molar-refractivity contribution in [1.82, 2.24) is 15.2 Å². The van der Waals surface area contributed by atoms with Crippen LogP contribution in [0.1, 0.15) is 5.82 Å². The minimum absolute atomic E-state index is 0.0718. The van der Waals surface area contributed by atoms with E-state index in [1.165, 1.54) is 0 Å². The minimum atomic E-state index is 0.0718. The molecule has 0 aliphatic heterocycles. The molecule has 0 radical (unpaired) electrons. The molecular formula is C3H4N5+. The highest BCUT2D eigenvalue weighted by atomic mass is 15.3. The fourth-order valence-corrected chi connectivity index (χ4v) is 0.376. The van der Waals surface area contributed by atoms with E-state index in [-0.39, 0.29) is 5.95 Å². The van der Waals surface area contributed by atoms with Crippen molar-refractivity contribution >= 4 is 5.95 Å². The Balaban J connectivity index is 3.05. The van der Waals surface area contributed by atoms with Gasteiger partial charge in [-0.05, 0) is 9.96 Å². The van der Waals surface area contributed by atoms with Crippen molar-refractivity contribution in [3.63, 3.8) is 0 Å². The molecule has 0 bridgehead atoms. The lowest BCUT2D eigenvalue weighted by Crippen LogP contribution is -1.68. The number of nitrogens with one attached hydrogen (secondary N) is 1. The first-order chi connectivity index (χ1) is 3.83. The SMILES string of the molecule is Cc1nc([N+]#N)n[nH]1. The molecule has 0 fully saturated rings. The summed E-state index contributed by atoms with van der Waals surface area (Å²) in [5, 5.41) is 14.0. The molecule has 0 aliphatic carbocycles. The Morgan fingerprint density at radius 1 is 1.75 bits per heavy atom. The zero-order chi connectivity index (χ0) is 5.98. The zero-order valence-electron chi connectivity index (χ0n) is 4.29. The monoisotopic (exact) mass is 110 g/mol. The molecule has 0 unspecified atom stereocenters. The van der Waals surface area contributed by atoms with Crippen LogP contribution in [0, 0.1) is 12.3 Å². The number of nitrogens with zero attached hydrogens (tertiary/aromatic N) is 4. The molecule has 1 aromatic rings. The number of hydrogen-bond acceptors (Lipinski definition) is 3. The van der Waals surface area contributed by atoms with Crippen LogP contribution < -0.4 is 0 Å². The summed E-state index contributed by atoms with van der Waals surface area (Å²) in [6.45, 7) is 1.72. The van der Waals surface area contributed by atoms with Gasteiger partial charge in [-0.1, -0.05) is 0 Å². The highest BCUT2D eigenvalue weighted by Gasteiger charge is 2.09. The van der Waals surface area contributed by atoms with Crippen LogP contribution in [0.15, 0.2) is 0 Å². The molecule has 1 aromatic heterocycles. The second-order valence-electron chi connectivity index (χ2n) is 1.32. The van der Waals surface area contributed by atoms with Crippen molar-refractivity contribution in [1.29, 1.82) is 5.39 Å². The quantitative estimate of drug-likeness (QED) is 0.497. The van der Waals surface area contributed by atoms with Crippen LogP contribution in [-0.4, -0.2) is 15.2 Å². The molecule has 8 heavy (non-hydrogen) atoms. The molecule has 0 amide bonds. The van der Waals surface area contributed by atoms with E-state index in [4.69, 9.17) is 5.39 Å². The van der Waals surface area contributed by atoms with Gasteiger partial charge in [0.2, 0.25) is 5.82 Å². The third-order valence-electron chi connectivity index (χ3n) is 0.675. The molecule has 0 spiro atoms. The van der Waals surface area contributed by atoms with Gasteiger partial charge in [0.1, 0.15) is 0 Å². The highest BCUT2D eigenvalue weighted by Crippen LogP contribution is 1.98. The van der Waals surface area contributed by atoms with Crippen LogP contribution in [0.4, 0.5) is 5.95 Å². The first kappa shape index (κ1) is 4.71. The van der Waals surface area contributed by atoms with Gasteiger partial charge in [0.25, 0.3) is 0 Å². The number of aromatic amines is 1. The summed E-state index contributed by atoms with van der Waals surface area (Å²) in [7, 11) is 0. The molecule has 5 heteroatoms. The van der Waals surface area contributed by atoms with Crippen LogP contribution in [0.25, 0.3) is 4.98 Å². The molecule has 0 saturated carbocycles. The lowest BCUT2D eigenvalue weighted by Gasteiger charge is -1.56. The van der Waals surface area contributed by atoms with E-state index in [2.05, 4.69) is 20.2 Å². The lowest BCUT2D eigenvalue weighted by molar-refractivity contribution is 1.04. The van der Waals surface area contributed by atoms with E-state index >= 15 is 0 Å². The summed E-state index contributed by atoms with van der Waals surface area (Å²) in [6, 6.07) is 0. The number of aryl methyl sites for hydroxylation is 1. The van der Waals surface area contributed by atoms with Gasteiger partial charge in [0.15, 0.2) is 0 Å². The Labute approximate surface area is 45.4 Å². The predicted octanol–water partition coefficient (Wildman–Crippen LogP) is 0.598. The Kier molecular flexibility index (Phi) is 0.929. The van der Waals surface area contributed by atoms with Crippen molar-refractivity contribution in [3.8, 4) is 0 Å². The zero-order valence-corrected chi connectivity index (χ0v) is 4.29. The largest absolute Gasteiger partial charge is 0.583 e. The van der Waals surface area contributed by atoms with Gasteiger partial charge in [-0.2, -0.15) is 5.10 Å². The number of H-pyrrole nitrogens is 1. The van der Waals surface area contributed by atoms with Crippen LogP contribution >= 0.6 is 0 Å². The molecule has 1 rings (SSSR count). The van der Waals surface area contributed by atoms with Gasteiger partial charge in [-0.25, -0.2) is 0 Å². The second-order valence-corrected chi connectivity index (χ2v) is 1.32. The molecule has 40 valence electrons. The third kappa shape index (κ3) is 0.632. The first-order valence-electron chi connectivity index (χ1n) is 2.07. The van der Waals surface area contributed by atoms with Crippen molar-refractivity contribution in [3.05, 3.63) is 10.8 Å². The summed E-state index contributed by atoms with van der Waals surface area (Å²) in [5.41, 5.74) is 0. The van der Waals surface area contributed by atoms with Gasteiger partial charge in [0.05, 0.1) is 5.39 Å². The number of diazo groups is 1. The van der Waals surface area contributed by atoms with E-state index in [0.29, 0.717) is 5.82 Å². The average molecular weight is 110 g/mol. The minimum Gasteiger partial charge on any atom is -0.182 e. The summed E-state index contributed by atoms with van der Waals surface area (Å²) in [5.74, 6) is 0.709. The summed E-state index contributed by atoms with van der Waals surface area (Å²) in [4.78, 5) is 6.38. The van der Waals surface area contributed by atoms with Crippen molar-refractivity contribution in [2.24, 2.45) is 0 Å². The Bertz CT molecular complexity index is 218. The van der Waals surface area contributed by atoms with E-state index in [0.717, 1.165) is 0 Å². The van der Waals surface area contributed by atoms with Crippen molar-refractivity contribution in [2.75, 3.05) is 0 Å². The maximum Gasteiger partial charge on any atom is 0.583 e. The van der Waals surface area contributed by atoms with Crippen LogP contribution in [-0.2, 0) is 0 Å². The normalized spacial score (nSPS) is 8.50. The van der Waals surface area contributed by atoms with E-state index in [1.807, 2.05) is 0 Å². The molecular weight excluding hydrogens is 106 g/mol. The third-order valence-corrected chi connectivity index (χ3v) is 0.675. The van der Waals surface area contributed by atoms with Gasteiger partial charge < -0.3 is 0 Å². The van der Waals surface area contributed by atoms with Crippen LogP contribution in [0.3, 0.4) is 0 Å². The standard InChI is InChI=1S/C3H4N5/c1-2-5-3(6-4)8-7-2/h1H3,(H,5,7,8)/q+1. The van der Waals surface area contributed by atoms with E-state index in [1.54, 1.807) is 6.92 Å². The lowest BCUT2D eigenvalue weighted by atomic mass is 10.8. The van der Waals surface area contributed by atoms with E-state index < -0.39 is 0 Å². The Hall–Kier alpha value is -1.44. The fourth-order valence-electron chi connectivity index (χ4n) is 0.376. The van der Waals surface area contributed by atoms with Gasteiger partial charge in [0, 0.05) is 12.0 Å². The number of rotatable bonds is 0. The van der Waals surface area contributed by atoms with Gasteiger partial charge in [-0.15, -0.1) is 0 Å². The van der Waals surface area contributed by atoms with Gasteiger partial charge >= 0.3 is 5.95 Å². The summed E-state index contributed by atoms with van der Waals surface area (Å²) < 4.78 is 0. The van der Waals surface area contributed by atoms with Crippen LogP contribution in [0.2, 0.25) is 0 Å². The molecule has 0 saturated heterocycles. The number of aromatic nitrogens is 3. The van der Waals surface area contributed by atoms with Crippen molar-refractivity contribution in [2.45, 2.75) is 6.92 Å². The molecule has 0 aromatic carbocycles. The molecule has 1 N–H and O–H groups in total. The second kappa shape index (κ2) is 1.58. The number of hydrogen-bond donors (Lipinski definition) is 1. The topological polar surface area (TPSA) is 69.7 Å².